The number of nitrogens with zero attached hydrogens (tertiary/aromatic N) is 3. The van der Waals surface area contributed by atoms with Gasteiger partial charge in [-0.1, -0.05) is 30.3 Å². The molecule has 23 heavy (non-hydrogen) atoms. The summed E-state index contributed by atoms with van der Waals surface area (Å²) in [5, 5.41) is 0. The van der Waals surface area contributed by atoms with Gasteiger partial charge in [0.05, 0.1) is 12.9 Å². The van der Waals surface area contributed by atoms with E-state index in [1.54, 1.807) is 19.6 Å². The van der Waals surface area contributed by atoms with Crippen molar-refractivity contribution in [2.45, 2.75) is 25.8 Å². The van der Waals surface area contributed by atoms with Crippen molar-refractivity contribution in [2.24, 2.45) is 0 Å². The highest BCUT2D eigenvalue weighted by molar-refractivity contribution is 5.80. The standard InChI is InChI=1S/C18H25N3O2/c1-16(21-12-10-19-15-21)18(22)20(13-14-23-2)11-6-9-17-7-4-3-5-8-17/h3-5,7-8,10,12,15-16H,6,9,11,13-14H2,1-2H3. The van der Waals surface area contributed by atoms with Crippen LogP contribution in [0.15, 0.2) is 49.1 Å². The molecule has 0 aliphatic carbocycles. The number of ether oxygens (including phenoxy) is 1. The molecule has 0 fully saturated rings. The molecular formula is C18H25N3O2. The van der Waals surface area contributed by atoms with Crippen LogP contribution in [0.3, 0.4) is 0 Å². The van der Waals surface area contributed by atoms with Crippen LogP contribution in [-0.2, 0) is 16.0 Å². The Morgan fingerprint density at radius 3 is 2.74 bits per heavy atom. The minimum atomic E-state index is -0.244. The molecule has 0 bridgehead atoms. The molecule has 0 saturated carbocycles. The monoisotopic (exact) mass is 315 g/mol. The van der Waals surface area contributed by atoms with E-state index in [0.717, 1.165) is 19.4 Å². The molecule has 0 aliphatic rings. The van der Waals surface area contributed by atoms with Gasteiger partial charge in [0.25, 0.3) is 0 Å². The van der Waals surface area contributed by atoms with Gasteiger partial charge in [-0.3, -0.25) is 4.79 Å². The maximum atomic E-state index is 12.7. The first-order valence-electron chi connectivity index (χ1n) is 8.01. The minimum absolute atomic E-state index is 0.105. The van der Waals surface area contributed by atoms with Crippen molar-refractivity contribution in [3.63, 3.8) is 0 Å². The number of carbonyl (C=O) groups is 1. The Balaban J connectivity index is 1.91. The first-order chi connectivity index (χ1) is 11.2. The van der Waals surface area contributed by atoms with E-state index in [-0.39, 0.29) is 11.9 Å². The van der Waals surface area contributed by atoms with Crippen molar-refractivity contribution in [3.8, 4) is 0 Å². The number of carbonyl (C=O) groups excluding carboxylic acids is 1. The molecule has 2 aromatic rings. The van der Waals surface area contributed by atoms with E-state index < -0.39 is 0 Å². The summed E-state index contributed by atoms with van der Waals surface area (Å²) in [6.07, 6.45) is 7.11. The Hall–Kier alpha value is -2.14. The fourth-order valence-corrected chi connectivity index (χ4v) is 2.54. The highest BCUT2D eigenvalue weighted by atomic mass is 16.5. The predicted octanol–water partition coefficient (Wildman–Crippen LogP) is 2.55. The number of hydrogen-bond acceptors (Lipinski definition) is 3. The molecule has 1 aromatic carbocycles. The van der Waals surface area contributed by atoms with Crippen molar-refractivity contribution in [2.75, 3.05) is 26.8 Å². The van der Waals surface area contributed by atoms with Crippen molar-refractivity contribution < 1.29 is 9.53 Å². The predicted molar refractivity (Wildman–Crippen MR) is 90.2 cm³/mol. The lowest BCUT2D eigenvalue weighted by Crippen LogP contribution is -2.39. The Morgan fingerprint density at radius 1 is 1.30 bits per heavy atom. The van der Waals surface area contributed by atoms with Gasteiger partial charge in [0.2, 0.25) is 5.91 Å². The van der Waals surface area contributed by atoms with Gasteiger partial charge in [-0.25, -0.2) is 4.98 Å². The van der Waals surface area contributed by atoms with Crippen molar-refractivity contribution in [1.29, 1.82) is 0 Å². The Morgan fingerprint density at radius 2 is 2.09 bits per heavy atom. The van der Waals surface area contributed by atoms with Gasteiger partial charge >= 0.3 is 0 Å². The molecular weight excluding hydrogens is 290 g/mol. The largest absolute Gasteiger partial charge is 0.383 e. The lowest BCUT2D eigenvalue weighted by atomic mass is 10.1. The summed E-state index contributed by atoms with van der Waals surface area (Å²) in [5.41, 5.74) is 1.30. The van der Waals surface area contributed by atoms with Crippen LogP contribution in [0, 0.1) is 0 Å². The summed E-state index contributed by atoms with van der Waals surface area (Å²) >= 11 is 0. The molecule has 0 N–H and O–H groups in total. The van der Waals surface area contributed by atoms with Crippen LogP contribution < -0.4 is 0 Å². The third kappa shape index (κ3) is 5.21. The fourth-order valence-electron chi connectivity index (χ4n) is 2.54. The van der Waals surface area contributed by atoms with Crippen molar-refractivity contribution >= 4 is 5.91 Å². The van der Waals surface area contributed by atoms with Gasteiger partial charge in [0.15, 0.2) is 0 Å². The SMILES string of the molecule is COCCN(CCCc1ccccc1)C(=O)C(C)n1ccnc1. The summed E-state index contributed by atoms with van der Waals surface area (Å²) < 4.78 is 6.98. The van der Waals surface area contributed by atoms with E-state index in [4.69, 9.17) is 4.74 Å². The van der Waals surface area contributed by atoms with Gasteiger partial charge < -0.3 is 14.2 Å². The van der Waals surface area contributed by atoms with Crippen LogP contribution in [0.2, 0.25) is 0 Å². The van der Waals surface area contributed by atoms with E-state index in [9.17, 15) is 4.79 Å². The van der Waals surface area contributed by atoms with E-state index in [2.05, 4.69) is 17.1 Å². The number of hydrogen-bond donors (Lipinski definition) is 0. The van der Waals surface area contributed by atoms with E-state index >= 15 is 0 Å². The first-order valence-corrected chi connectivity index (χ1v) is 8.01. The highest BCUT2D eigenvalue weighted by Gasteiger charge is 2.21. The summed E-state index contributed by atoms with van der Waals surface area (Å²) in [4.78, 5) is 18.6. The highest BCUT2D eigenvalue weighted by Crippen LogP contribution is 2.11. The number of aryl methyl sites for hydroxylation is 1. The average Bonchev–Trinajstić information content (AvgIpc) is 3.12. The second-order valence-corrected chi connectivity index (χ2v) is 5.59. The summed E-state index contributed by atoms with van der Waals surface area (Å²) in [7, 11) is 1.66. The molecule has 0 radical (unpaired) electrons. The summed E-state index contributed by atoms with van der Waals surface area (Å²) in [5.74, 6) is 0.105. The molecule has 1 atom stereocenters. The molecule has 2 rings (SSSR count). The fraction of sp³-hybridized carbons (Fsp3) is 0.444. The van der Waals surface area contributed by atoms with Crippen LogP contribution in [-0.4, -0.2) is 47.2 Å². The second-order valence-electron chi connectivity index (χ2n) is 5.59. The zero-order valence-corrected chi connectivity index (χ0v) is 13.9. The topological polar surface area (TPSA) is 47.4 Å². The molecule has 5 nitrogen and oxygen atoms in total. The third-order valence-electron chi connectivity index (χ3n) is 3.94. The summed E-state index contributed by atoms with van der Waals surface area (Å²) in [6.45, 7) is 3.80. The molecule has 1 heterocycles. The zero-order valence-electron chi connectivity index (χ0n) is 13.9. The molecule has 0 saturated heterocycles. The lowest BCUT2D eigenvalue weighted by molar-refractivity contribution is -0.135. The number of imidazole rings is 1. The van der Waals surface area contributed by atoms with Crippen LogP contribution in [0.25, 0.3) is 0 Å². The summed E-state index contributed by atoms with van der Waals surface area (Å²) in [6, 6.07) is 10.1. The number of aromatic nitrogens is 2. The third-order valence-corrected chi connectivity index (χ3v) is 3.94. The number of amides is 1. The molecule has 0 aliphatic heterocycles. The van der Waals surface area contributed by atoms with Gasteiger partial charge in [0, 0.05) is 32.6 Å². The maximum absolute atomic E-state index is 12.7. The van der Waals surface area contributed by atoms with E-state index in [1.807, 2.05) is 40.8 Å². The zero-order chi connectivity index (χ0) is 16.5. The maximum Gasteiger partial charge on any atom is 0.245 e. The number of rotatable bonds is 9. The minimum Gasteiger partial charge on any atom is -0.383 e. The molecule has 1 unspecified atom stereocenters. The van der Waals surface area contributed by atoms with Crippen LogP contribution in [0.1, 0.15) is 24.9 Å². The van der Waals surface area contributed by atoms with Gasteiger partial charge in [-0.2, -0.15) is 0 Å². The van der Waals surface area contributed by atoms with Gasteiger partial charge in [-0.05, 0) is 25.3 Å². The Bertz CT molecular complexity index is 569. The van der Waals surface area contributed by atoms with Gasteiger partial charge in [0.1, 0.15) is 6.04 Å². The molecule has 1 amide bonds. The van der Waals surface area contributed by atoms with Crippen LogP contribution >= 0.6 is 0 Å². The first kappa shape index (κ1) is 17.2. The number of benzene rings is 1. The second kappa shape index (κ2) is 9.10. The van der Waals surface area contributed by atoms with E-state index in [1.165, 1.54) is 5.56 Å². The molecule has 1 aromatic heterocycles. The lowest BCUT2D eigenvalue weighted by Gasteiger charge is -2.26. The Kier molecular flexibility index (Phi) is 6.81. The molecule has 124 valence electrons. The van der Waals surface area contributed by atoms with Crippen LogP contribution in [0.4, 0.5) is 0 Å². The van der Waals surface area contributed by atoms with Crippen molar-refractivity contribution in [1.82, 2.24) is 14.5 Å². The van der Waals surface area contributed by atoms with E-state index in [0.29, 0.717) is 13.2 Å². The smallest absolute Gasteiger partial charge is 0.245 e. The normalized spacial score (nSPS) is 12.1. The molecule has 0 spiro atoms. The Labute approximate surface area is 137 Å². The van der Waals surface area contributed by atoms with Gasteiger partial charge in [-0.15, -0.1) is 0 Å². The quantitative estimate of drug-likeness (QED) is 0.714. The average molecular weight is 315 g/mol. The van der Waals surface area contributed by atoms with Crippen LogP contribution in [0.5, 0.6) is 0 Å². The van der Waals surface area contributed by atoms with Crippen molar-refractivity contribution in [3.05, 3.63) is 54.6 Å². The number of methoxy groups -OCH3 is 1. The molecule has 5 heteroatoms.